The Morgan fingerprint density at radius 2 is 1.97 bits per heavy atom. The largest absolute Gasteiger partial charge is 0.508 e. The molecule has 2 saturated heterocycles. The molecule has 7 atom stereocenters. The maximum absolute atomic E-state index is 11.9. The third-order valence-electron chi connectivity index (χ3n) is 10.7. The Morgan fingerprint density at radius 3 is 2.69 bits per heavy atom. The van der Waals surface area contributed by atoms with Gasteiger partial charge in [-0.1, -0.05) is 12.1 Å². The van der Waals surface area contributed by atoms with Crippen LogP contribution < -0.4 is 9.47 Å². The predicted molar refractivity (Wildman–Crippen MR) is 144 cm³/mol. The number of aliphatic hydroxyl groups is 1. The van der Waals surface area contributed by atoms with Gasteiger partial charge in [-0.25, -0.2) is 0 Å². The highest BCUT2D eigenvalue weighted by Crippen LogP contribution is 2.76. The minimum Gasteiger partial charge on any atom is -0.508 e. The van der Waals surface area contributed by atoms with E-state index in [0.29, 0.717) is 22.0 Å². The van der Waals surface area contributed by atoms with Crippen molar-refractivity contribution in [1.29, 1.82) is 0 Å². The van der Waals surface area contributed by atoms with Crippen molar-refractivity contribution < 1.29 is 38.8 Å². The first kappa shape index (κ1) is 24.4. The van der Waals surface area contributed by atoms with Gasteiger partial charge in [-0.15, -0.1) is 11.8 Å². The van der Waals surface area contributed by atoms with Gasteiger partial charge in [-0.05, 0) is 23.8 Å². The third-order valence-corrected chi connectivity index (χ3v) is 11.8. The summed E-state index contributed by atoms with van der Waals surface area (Å²) in [6, 6.07) is 5.95. The van der Waals surface area contributed by atoms with Crippen LogP contribution in [0.4, 0.5) is 0 Å². The third kappa shape index (κ3) is 2.58. The molecule has 9 rings (SSSR count). The lowest BCUT2D eigenvalue weighted by Gasteiger charge is -2.70. The number of phenols is 2. The lowest BCUT2D eigenvalue weighted by atomic mass is 9.37. The van der Waals surface area contributed by atoms with E-state index >= 15 is 0 Å². The zero-order chi connectivity index (χ0) is 26.9. The van der Waals surface area contributed by atoms with E-state index in [1.807, 2.05) is 6.07 Å². The van der Waals surface area contributed by atoms with Crippen molar-refractivity contribution >= 4 is 11.8 Å². The standard InChI is InChI=1S/C30H33NO7S/c1-31(14-17-15-37-17)9-8-29-22-16-4-5-19(35-2)26(22)38-27(29)30(36-3)7-6-28(29,21(31)12-16)23-18(33)13-20(39-11-10-32)25(34)24(23)30/h4-7,13,17,21,27,32H,8-12,14-15H2,1-3H3,(H-,33,34)/p+1/t17-,21+,27+,28-,29-,30+,31?/m0/s1. The molecular formula is C30H34NO7S+. The summed E-state index contributed by atoms with van der Waals surface area (Å²) < 4.78 is 25.8. The van der Waals surface area contributed by atoms with Crippen LogP contribution in [0.15, 0.2) is 35.2 Å². The minimum absolute atomic E-state index is 0.0326. The zero-order valence-electron chi connectivity index (χ0n) is 22.4. The smallest absolute Gasteiger partial charge is 0.166 e. The number of likely N-dealkylation sites (N-methyl/N-ethyl adjacent to an activating group) is 1. The summed E-state index contributed by atoms with van der Waals surface area (Å²) in [6.07, 6.45) is 5.80. The van der Waals surface area contributed by atoms with Gasteiger partial charge in [-0.2, -0.15) is 0 Å². The van der Waals surface area contributed by atoms with Gasteiger partial charge in [-0.3, -0.25) is 0 Å². The molecule has 2 aromatic rings. The second-order valence-corrected chi connectivity index (χ2v) is 13.3. The Balaban J connectivity index is 1.49. The molecule has 7 aliphatic rings. The molecule has 206 valence electrons. The van der Waals surface area contributed by atoms with Crippen molar-refractivity contribution in [3.05, 3.63) is 52.6 Å². The molecule has 2 aromatic carbocycles. The summed E-state index contributed by atoms with van der Waals surface area (Å²) in [6.45, 7) is 2.61. The van der Waals surface area contributed by atoms with Crippen LogP contribution >= 0.6 is 11.8 Å². The quantitative estimate of drug-likeness (QED) is 0.159. The van der Waals surface area contributed by atoms with E-state index in [0.717, 1.165) is 48.3 Å². The molecule has 3 heterocycles. The fourth-order valence-electron chi connectivity index (χ4n) is 9.32. The van der Waals surface area contributed by atoms with Crippen molar-refractivity contribution in [3.63, 3.8) is 0 Å². The van der Waals surface area contributed by atoms with Crippen LogP contribution in [-0.2, 0) is 32.3 Å². The molecule has 0 aromatic heterocycles. The van der Waals surface area contributed by atoms with E-state index in [9.17, 15) is 15.3 Å². The van der Waals surface area contributed by atoms with Crippen molar-refractivity contribution in [3.8, 4) is 23.0 Å². The number of rotatable bonds is 7. The molecule has 1 unspecified atom stereocenters. The molecule has 8 nitrogen and oxygen atoms in total. The molecule has 3 aliphatic heterocycles. The molecular weight excluding hydrogens is 518 g/mol. The number of aromatic hydroxyl groups is 2. The molecule has 9 heteroatoms. The van der Waals surface area contributed by atoms with E-state index in [-0.39, 0.29) is 30.3 Å². The second kappa shape index (κ2) is 7.64. The number of quaternary nitrogens is 1. The highest BCUT2D eigenvalue weighted by molar-refractivity contribution is 7.99. The number of aliphatic hydroxyl groups excluding tert-OH is 1. The highest BCUT2D eigenvalue weighted by Gasteiger charge is 2.82. The summed E-state index contributed by atoms with van der Waals surface area (Å²) in [5.74, 6) is 2.12. The van der Waals surface area contributed by atoms with Crippen molar-refractivity contribution in [1.82, 2.24) is 0 Å². The Kier molecular flexibility index (Phi) is 4.78. The zero-order valence-corrected chi connectivity index (χ0v) is 23.2. The molecule has 39 heavy (non-hydrogen) atoms. The average molecular weight is 553 g/mol. The maximum Gasteiger partial charge on any atom is 0.166 e. The van der Waals surface area contributed by atoms with Gasteiger partial charge in [0.05, 0.1) is 49.6 Å². The average Bonchev–Trinajstić information content (AvgIpc) is 3.67. The first-order valence-electron chi connectivity index (χ1n) is 13.7. The van der Waals surface area contributed by atoms with Crippen LogP contribution in [0.1, 0.15) is 28.7 Å². The lowest BCUT2D eigenvalue weighted by molar-refractivity contribution is -0.945. The predicted octanol–water partition coefficient (Wildman–Crippen LogP) is 2.73. The molecule has 4 aliphatic carbocycles. The van der Waals surface area contributed by atoms with Crippen LogP contribution in [0.25, 0.3) is 0 Å². The fourth-order valence-corrected chi connectivity index (χ4v) is 10.1. The molecule has 0 saturated carbocycles. The number of nitrogens with zero attached hydrogens (tertiary/aromatic N) is 1. The number of phenolic OH excluding ortho intramolecular Hbond substituents is 2. The van der Waals surface area contributed by atoms with Crippen LogP contribution in [-0.4, -0.2) is 91.4 Å². The van der Waals surface area contributed by atoms with Gasteiger partial charge in [0.1, 0.15) is 36.3 Å². The molecule has 0 amide bonds. The number of epoxide rings is 1. The normalized spacial score (nSPS) is 39.2. The van der Waals surface area contributed by atoms with E-state index in [1.165, 1.54) is 22.9 Å². The number of thioether (sulfide) groups is 1. The van der Waals surface area contributed by atoms with Crippen LogP contribution in [0.2, 0.25) is 0 Å². The summed E-state index contributed by atoms with van der Waals surface area (Å²) >= 11 is 1.32. The second-order valence-electron chi connectivity index (χ2n) is 12.2. The number of ether oxygens (including phenoxy) is 4. The Morgan fingerprint density at radius 1 is 1.15 bits per heavy atom. The maximum atomic E-state index is 11.9. The summed E-state index contributed by atoms with van der Waals surface area (Å²) in [5.41, 5.74) is 1.52. The van der Waals surface area contributed by atoms with Gasteiger partial charge in [0.15, 0.2) is 17.1 Å². The first-order valence-corrected chi connectivity index (χ1v) is 14.7. The Bertz CT molecular complexity index is 1460. The summed E-state index contributed by atoms with van der Waals surface area (Å²) in [4.78, 5) is 0.529. The van der Waals surface area contributed by atoms with Crippen molar-refractivity contribution in [2.75, 3.05) is 53.3 Å². The van der Waals surface area contributed by atoms with E-state index in [2.05, 4.69) is 25.3 Å². The Labute approximate surface area is 231 Å². The summed E-state index contributed by atoms with van der Waals surface area (Å²) in [5, 5.41) is 33.3. The fraction of sp³-hybridized carbons (Fsp3) is 0.533. The molecule has 4 bridgehead atoms. The lowest BCUT2D eigenvalue weighted by Crippen LogP contribution is -2.81. The number of hydrogen-bond donors (Lipinski definition) is 3. The summed E-state index contributed by atoms with van der Waals surface area (Å²) in [7, 11) is 5.66. The molecule has 0 radical (unpaired) electrons. The number of benzene rings is 2. The van der Waals surface area contributed by atoms with Crippen LogP contribution in [0.3, 0.4) is 0 Å². The molecule has 2 fully saturated rings. The van der Waals surface area contributed by atoms with Gasteiger partial charge in [0, 0.05) is 42.4 Å². The van der Waals surface area contributed by atoms with Gasteiger partial charge < -0.3 is 38.8 Å². The minimum atomic E-state index is -1.11. The van der Waals surface area contributed by atoms with Gasteiger partial charge in [0.25, 0.3) is 0 Å². The molecule has 3 N–H and O–H groups in total. The number of hydrogen-bond acceptors (Lipinski definition) is 8. The first-order chi connectivity index (χ1) is 18.8. The Hall–Kier alpha value is -2.43. The van der Waals surface area contributed by atoms with Gasteiger partial charge in [0.2, 0.25) is 0 Å². The monoisotopic (exact) mass is 552 g/mol. The van der Waals surface area contributed by atoms with Gasteiger partial charge >= 0.3 is 0 Å². The van der Waals surface area contributed by atoms with Crippen LogP contribution in [0.5, 0.6) is 23.0 Å². The highest BCUT2D eigenvalue weighted by atomic mass is 32.2. The number of piperidine rings is 1. The number of likely N-dealkylation sites (tertiary alicyclic amines) is 1. The van der Waals surface area contributed by atoms with E-state index in [4.69, 9.17) is 18.9 Å². The topological polar surface area (TPSA) is 101 Å². The van der Waals surface area contributed by atoms with Crippen LogP contribution in [0, 0.1) is 0 Å². The van der Waals surface area contributed by atoms with E-state index in [1.54, 1.807) is 20.3 Å². The van der Waals surface area contributed by atoms with Crippen molar-refractivity contribution in [2.45, 2.75) is 52.4 Å². The number of methoxy groups -OCH3 is 2. The van der Waals surface area contributed by atoms with E-state index < -0.39 is 22.5 Å². The molecule has 2 spiro atoms. The SMILES string of the molecule is COc1ccc2c3c1O[C@@H]1[C@]34CC[N+](C)(C[C@H]3CO3)[C@H](C2)[C@]42C=C[C@@]1(OC)c1c(O)c(SCCO)cc(O)c12. The van der Waals surface area contributed by atoms with Crippen molar-refractivity contribution in [2.24, 2.45) is 0 Å².